The summed E-state index contributed by atoms with van der Waals surface area (Å²) in [6, 6.07) is 13.4. The second-order valence-corrected chi connectivity index (χ2v) is 8.98. The van der Waals surface area contributed by atoms with Crippen LogP contribution in [0.25, 0.3) is 0 Å². The van der Waals surface area contributed by atoms with Crippen LogP contribution in [0.1, 0.15) is 24.0 Å². The van der Waals surface area contributed by atoms with Gasteiger partial charge in [-0.1, -0.05) is 12.1 Å². The van der Waals surface area contributed by atoms with Crippen molar-refractivity contribution >= 4 is 27.9 Å². The highest BCUT2D eigenvalue weighted by Crippen LogP contribution is 2.34. The molecule has 0 radical (unpaired) electrons. The Labute approximate surface area is 161 Å². The zero-order valence-corrected chi connectivity index (χ0v) is 16.6. The smallest absolute Gasteiger partial charge is 0.206 e. The fraction of sp³-hybridized carbons (Fsp3) is 0.400. The van der Waals surface area contributed by atoms with Gasteiger partial charge < -0.3 is 10.2 Å². The third kappa shape index (κ3) is 3.48. The molecule has 6 heteroatoms. The minimum Gasteiger partial charge on any atom is -0.368 e. The van der Waals surface area contributed by atoms with Gasteiger partial charge in [0.05, 0.1) is 9.79 Å². The van der Waals surface area contributed by atoms with E-state index in [9.17, 15) is 8.42 Å². The fourth-order valence-corrected chi connectivity index (χ4v) is 5.40. The molecule has 26 heavy (non-hydrogen) atoms. The van der Waals surface area contributed by atoms with Crippen molar-refractivity contribution in [2.75, 3.05) is 24.5 Å². The molecule has 0 unspecified atom stereocenters. The maximum absolute atomic E-state index is 12.9. The molecule has 0 aliphatic carbocycles. The van der Waals surface area contributed by atoms with Gasteiger partial charge in [0.2, 0.25) is 9.84 Å². The summed E-state index contributed by atoms with van der Waals surface area (Å²) in [7, 11) is -3.45. The van der Waals surface area contributed by atoms with Crippen molar-refractivity contribution in [3.8, 4) is 0 Å². The number of anilines is 1. The molecular formula is C20H25ClN2O2S. The summed E-state index contributed by atoms with van der Waals surface area (Å²) in [4.78, 5) is 3.25. The van der Waals surface area contributed by atoms with Gasteiger partial charge >= 0.3 is 0 Å². The third-order valence-corrected chi connectivity index (χ3v) is 7.09. The maximum atomic E-state index is 12.9. The minimum absolute atomic E-state index is 0. The Balaban J connectivity index is 0.00000196. The maximum Gasteiger partial charge on any atom is 0.206 e. The largest absolute Gasteiger partial charge is 0.368 e. The Hall–Kier alpha value is -1.56. The molecule has 4 rings (SSSR count). The molecule has 2 aliphatic rings. The van der Waals surface area contributed by atoms with Crippen molar-refractivity contribution in [3.63, 3.8) is 0 Å². The molecule has 0 amide bonds. The van der Waals surface area contributed by atoms with E-state index in [-0.39, 0.29) is 12.4 Å². The molecule has 1 N–H and O–H groups in total. The van der Waals surface area contributed by atoms with E-state index in [1.165, 1.54) is 5.69 Å². The summed E-state index contributed by atoms with van der Waals surface area (Å²) in [6.45, 7) is 5.04. The highest BCUT2D eigenvalue weighted by molar-refractivity contribution is 7.91. The van der Waals surface area contributed by atoms with Crippen molar-refractivity contribution < 1.29 is 8.42 Å². The van der Waals surface area contributed by atoms with E-state index < -0.39 is 9.84 Å². The summed E-state index contributed by atoms with van der Waals surface area (Å²) >= 11 is 0. The number of piperidine rings is 1. The summed E-state index contributed by atoms with van der Waals surface area (Å²) < 4.78 is 25.9. The number of rotatable bonds is 3. The van der Waals surface area contributed by atoms with Crippen LogP contribution in [0.2, 0.25) is 0 Å². The highest BCUT2D eigenvalue weighted by Gasteiger charge is 2.28. The first kappa shape index (κ1) is 19.2. The second kappa shape index (κ2) is 7.59. The number of benzene rings is 2. The van der Waals surface area contributed by atoms with Crippen LogP contribution in [0.3, 0.4) is 0 Å². The zero-order valence-electron chi connectivity index (χ0n) is 14.9. The molecule has 1 saturated heterocycles. The van der Waals surface area contributed by atoms with Crippen LogP contribution < -0.4 is 10.2 Å². The predicted molar refractivity (Wildman–Crippen MR) is 107 cm³/mol. The molecule has 0 spiro atoms. The number of hydrogen-bond acceptors (Lipinski definition) is 4. The van der Waals surface area contributed by atoms with E-state index in [1.54, 1.807) is 24.3 Å². The van der Waals surface area contributed by atoms with Crippen LogP contribution in [-0.4, -0.2) is 34.1 Å². The molecule has 0 aromatic heterocycles. The number of sulfone groups is 1. The zero-order chi connectivity index (χ0) is 17.4. The number of nitrogens with one attached hydrogen (secondary N) is 1. The number of nitrogens with zero attached hydrogens (tertiary/aromatic N) is 1. The monoisotopic (exact) mass is 392 g/mol. The first-order valence-corrected chi connectivity index (χ1v) is 10.5. The summed E-state index contributed by atoms with van der Waals surface area (Å²) in [5.41, 5.74) is 3.33. The average Bonchev–Trinajstić information content (AvgIpc) is 3.05. The van der Waals surface area contributed by atoms with Gasteiger partial charge in [-0.15, -0.1) is 12.4 Å². The van der Waals surface area contributed by atoms with Gasteiger partial charge in [0, 0.05) is 18.3 Å². The van der Waals surface area contributed by atoms with Gasteiger partial charge in [0.1, 0.15) is 0 Å². The number of aryl methyl sites for hydroxylation is 1. The number of fused-ring (bicyclic) bond motifs is 1. The van der Waals surface area contributed by atoms with Crippen LogP contribution in [0.4, 0.5) is 5.69 Å². The Morgan fingerprint density at radius 2 is 1.77 bits per heavy atom. The van der Waals surface area contributed by atoms with Crippen molar-refractivity contribution in [1.29, 1.82) is 0 Å². The molecule has 4 nitrogen and oxygen atoms in total. The molecule has 0 atom stereocenters. The van der Waals surface area contributed by atoms with E-state index in [0.717, 1.165) is 50.0 Å². The lowest BCUT2D eigenvalue weighted by Gasteiger charge is -2.33. The van der Waals surface area contributed by atoms with Crippen LogP contribution in [-0.2, 0) is 16.3 Å². The van der Waals surface area contributed by atoms with Gasteiger partial charge in [-0.05, 0) is 80.7 Å². The third-order valence-electron chi connectivity index (χ3n) is 5.34. The Morgan fingerprint density at radius 1 is 1.04 bits per heavy atom. The molecule has 0 bridgehead atoms. The minimum atomic E-state index is -3.45. The molecule has 2 aromatic carbocycles. The van der Waals surface area contributed by atoms with Crippen LogP contribution >= 0.6 is 12.4 Å². The molecule has 0 saturated carbocycles. The van der Waals surface area contributed by atoms with E-state index in [2.05, 4.69) is 10.2 Å². The molecule has 140 valence electrons. The summed E-state index contributed by atoms with van der Waals surface area (Å²) in [5.74, 6) is 0. The van der Waals surface area contributed by atoms with Gasteiger partial charge in [0.25, 0.3) is 0 Å². The first-order chi connectivity index (χ1) is 12.1. The van der Waals surface area contributed by atoms with Crippen molar-refractivity contribution in [2.45, 2.75) is 42.0 Å². The quantitative estimate of drug-likeness (QED) is 0.870. The topological polar surface area (TPSA) is 49.4 Å². The molecule has 2 heterocycles. The fourth-order valence-electron chi connectivity index (χ4n) is 3.99. The number of hydrogen-bond donors (Lipinski definition) is 1. The van der Waals surface area contributed by atoms with Crippen LogP contribution in [0.5, 0.6) is 0 Å². The Kier molecular flexibility index (Phi) is 5.61. The van der Waals surface area contributed by atoms with Gasteiger partial charge in [0.15, 0.2) is 0 Å². The SMILES string of the molecule is Cc1cccc(S(=O)(=O)c2ccc3c(c2)CCN3C2CCNCC2)c1.Cl. The number of halogens is 1. The Morgan fingerprint density at radius 3 is 2.50 bits per heavy atom. The van der Waals surface area contributed by atoms with E-state index in [0.29, 0.717) is 15.8 Å². The lowest BCUT2D eigenvalue weighted by Crippen LogP contribution is -2.42. The first-order valence-electron chi connectivity index (χ1n) is 8.98. The highest BCUT2D eigenvalue weighted by atomic mass is 35.5. The van der Waals surface area contributed by atoms with E-state index in [1.807, 2.05) is 25.1 Å². The van der Waals surface area contributed by atoms with Gasteiger partial charge in [-0.3, -0.25) is 0 Å². The van der Waals surface area contributed by atoms with E-state index in [4.69, 9.17) is 0 Å². The second-order valence-electron chi connectivity index (χ2n) is 7.04. The van der Waals surface area contributed by atoms with Crippen molar-refractivity contribution in [1.82, 2.24) is 5.32 Å². The standard InChI is InChI=1S/C20H24N2O2S.ClH/c1-15-3-2-4-18(13-15)25(23,24)19-5-6-20-16(14-19)9-12-22(20)17-7-10-21-11-8-17;/h2-6,13-14,17,21H,7-12H2,1H3;1H. The van der Waals surface area contributed by atoms with E-state index >= 15 is 0 Å². The molecule has 2 aliphatic heterocycles. The summed E-state index contributed by atoms with van der Waals surface area (Å²) in [5, 5.41) is 3.41. The van der Waals surface area contributed by atoms with Crippen LogP contribution in [0.15, 0.2) is 52.3 Å². The molecule has 2 aromatic rings. The van der Waals surface area contributed by atoms with Crippen molar-refractivity contribution in [3.05, 3.63) is 53.6 Å². The Bertz CT molecular complexity index is 892. The normalized spacial score (nSPS) is 17.7. The van der Waals surface area contributed by atoms with Gasteiger partial charge in [-0.25, -0.2) is 8.42 Å². The van der Waals surface area contributed by atoms with Gasteiger partial charge in [-0.2, -0.15) is 0 Å². The average molecular weight is 393 g/mol. The molecular weight excluding hydrogens is 368 g/mol. The summed E-state index contributed by atoms with van der Waals surface area (Å²) in [6.07, 6.45) is 3.24. The van der Waals surface area contributed by atoms with Crippen LogP contribution in [0, 0.1) is 6.92 Å². The lowest BCUT2D eigenvalue weighted by atomic mass is 10.0. The van der Waals surface area contributed by atoms with Crippen molar-refractivity contribution in [2.24, 2.45) is 0 Å². The predicted octanol–water partition coefficient (Wildman–Crippen LogP) is 3.36. The molecule has 1 fully saturated rings. The lowest BCUT2D eigenvalue weighted by molar-refractivity contribution is 0.435.